The Morgan fingerprint density at radius 3 is 1.40 bits per heavy atom. The molecule has 0 N–H and O–H groups in total. The Bertz CT molecular complexity index is 568. The quantitative estimate of drug-likeness (QED) is 0.770. The van der Waals surface area contributed by atoms with Gasteiger partial charge in [0.05, 0.1) is 0 Å². The predicted molar refractivity (Wildman–Crippen MR) is 90.9 cm³/mol. The number of nitrogens with zero attached hydrogens (tertiary/aromatic N) is 1. The molecule has 20 heavy (non-hydrogen) atoms. The molecule has 3 nitrogen and oxygen atoms in total. The maximum Gasteiger partial charge on any atom is 0.244 e. The zero-order valence-electron chi connectivity index (χ0n) is 13.6. The molecular weight excluding hydrogens is 282 g/mol. The summed E-state index contributed by atoms with van der Waals surface area (Å²) in [6, 6.07) is 8.33. The first-order valence-corrected chi connectivity index (χ1v) is 13.9. The van der Waals surface area contributed by atoms with E-state index < -0.39 is 16.6 Å². The van der Waals surface area contributed by atoms with Gasteiger partial charge in [0.2, 0.25) is 16.6 Å². The largest absolute Gasteiger partial charge is 0.532 e. The lowest BCUT2D eigenvalue weighted by Gasteiger charge is -2.22. The molecule has 2 aromatic rings. The van der Waals surface area contributed by atoms with Crippen molar-refractivity contribution in [2.24, 2.45) is 7.05 Å². The third-order valence-corrected chi connectivity index (χ3v) is 4.41. The molecule has 0 aliphatic rings. The van der Waals surface area contributed by atoms with Crippen molar-refractivity contribution in [2.75, 3.05) is 0 Å². The molecule has 0 amide bonds. The maximum absolute atomic E-state index is 6.28. The van der Waals surface area contributed by atoms with Crippen molar-refractivity contribution in [3.05, 3.63) is 24.3 Å². The first-order chi connectivity index (χ1) is 9.08. The molecule has 110 valence electrons. The average molecular weight is 308 g/mol. The van der Waals surface area contributed by atoms with Crippen molar-refractivity contribution in [3.63, 3.8) is 0 Å². The van der Waals surface area contributed by atoms with Gasteiger partial charge in [0.25, 0.3) is 0 Å². The Hall–Kier alpha value is -1.21. The highest BCUT2D eigenvalue weighted by Gasteiger charge is 2.26. The smallest absolute Gasteiger partial charge is 0.244 e. The Morgan fingerprint density at radius 1 is 0.750 bits per heavy atom. The van der Waals surface area contributed by atoms with Crippen molar-refractivity contribution < 1.29 is 8.85 Å². The predicted octanol–water partition coefficient (Wildman–Crippen LogP) is 4.61. The molecule has 0 atom stereocenters. The third kappa shape index (κ3) is 3.27. The molecule has 2 rings (SSSR count). The summed E-state index contributed by atoms with van der Waals surface area (Å²) in [5.41, 5.74) is 0. The van der Waals surface area contributed by atoms with Gasteiger partial charge in [0.1, 0.15) is 0 Å². The first-order valence-electron chi connectivity index (χ1n) is 7.04. The van der Waals surface area contributed by atoms with Crippen molar-refractivity contribution in [2.45, 2.75) is 39.3 Å². The Balaban J connectivity index is 2.61. The van der Waals surface area contributed by atoms with E-state index in [1.165, 1.54) is 0 Å². The van der Waals surface area contributed by atoms with Gasteiger partial charge in [-0.15, -0.1) is 0 Å². The second kappa shape index (κ2) is 4.96. The van der Waals surface area contributed by atoms with Crippen molar-refractivity contribution in [1.82, 2.24) is 4.57 Å². The molecule has 0 aliphatic heterocycles. The molecule has 0 bridgehead atoms. The fourth-order valence-corrected chi connectivity index (χ4v) is 3.79. The highest BCUT2D eigenvalue weighted by molar-refractivity contribution is 6.71. The van der Waals surface area contributed by atoms with E-state index in [9.17, 15) is 0 Å². The number of fused-ring (bicyclic) bond motifs is 1. The van der Waals surface area contributed by atoms with Crippen LogP contribution in [-0.4, -0.2) is 21.2 Å². The van der Waals surface area contributed by atoms with Gasteiger partial charge in [0, 0.05) is 17.8 Å². The summed E-state index contributed by atoms with van der Waals surface area (Å²) < 4.78 is 14.6. The summed E-state index contributed by atoms with van der Waals surface area (Å²) in [5, 5.41) is 2.29. The zero-order valence-corrected chi connectivity index (χ0v) is 15.6. The minimum absolute atomic E-state index is 0.938. The number of rotatable bonds is 4. The fourth-order valence-electron chi connectivity index (χ4n) is 2.14. The summed E-state index contributed by atoms with van der Waals surface area (Å²) in [5.74, 6) is 1.88. The van der Waals surface area contributed by atoms with Gasteiger partial charge in [-0.2, -0.15) is 0 Å². The molecule has 0 radical (unpaired) electrons. The minimum atomic E-state index is -1.66. The zero-order chi connectivity index (χ0) is 15.1. The van der Waals surface area contributed by atoms with Gasteiger partial charge in [-0.25, -0.2) is 0 Å². The molecule has 0 spiro atoms. The third-order valence-electron chi connectivity index (χ3n) is 2.80. The molecule has 1 heterocycles. The first kappa shape index (κ1) is 15.2. The van der Waals surface area contributed by atoms with Crippen LogP contribution in [0.2, 0.25) is 39.3 Å². The van der Waals surface area contributed by atoms with Crippen LogP contribution in [-0.2, 0) is 7.05 Å². The molecule has 1 aromatic heterocycles. The maximum atomic E-state index is 6.28. The second-order valence-electron chi connectivity index (χ2n) is 7.14. The molecule has 0 unspecified atom stereocenters. The van der Waals surface area contributed by atoms with Gasteiger partial charge in [-0.1, -0.05) is 12.1 Å². The van der Waals surface area contributed by atoms with E-state index in [2.05, 4.69) is 68.1 Å². The highest BCUT2D eigenvalue weighted by atomic mass is 28.4. The minimum Gasteiger partial charge on any atom is -0.532 e. The van der Waals surface area contributed by atoms with Crippen LogP contribution >= 0.6 is 0 Å². The molecule has 5 heteroatoms. The SMILES string of the molecule is Cn1c(O[Si](C)(C)C)c2ccccc2c1O[Si](C)(C)C. The number of aromatic nitrogens is 1. The molecule has 0 fully saturated rings. The average Bonchev–Trinajstić information content (AvgIpc) is 2.52. The molecular formula is C15H25NO2Si2. The fraction of sp³-hybridized carbons (Fsp3) is 0.467. The van der Waals surface area contributed by atoms with Crippen molar-refractivity contribution in [1.29, 1.82) is 0 Å². The van der Waals surface area contributed by atoms with E-state index in [0.29, 0.717) is 0 Å². The van der Waals surface area contributed by atoms with Gasteiger partial charge >= 0.3 is 0 Å². The van der Waals surface area contributed by atoms with Gasteiger partial charge in [0.15, 0.2) is 11.8 Å². The number of hydrogen-bond acceptors (Lipinski definition) is 2. The van der Waals surface area contributed by atoms with Gasteiger partial charge < -0.3 is 8.85 Å². The van der Waals surface area contributed by atoms with Crippen LogP contribution in [0, 0.1) is 0 Å². The summed E-state index contributed by atoms with van der Waals surface area (Å²) in [6.07, 6.45) is 0. The van der Waals surface area contributed by atoms with Crippen LogP contribution in [0.15, 0.2) is 24.3 Å². The van der Waals surface area contributed by atoms with Crippen LogP contribution < -0.4 is 8.85 Å². The van der Waals surface area contributed by atoms with E-state index in [-0.39, 0.29) is 0 Å². The second-order valence-corrected chi connectivity index (χ2v) is 16.0. The van der Waals surface area contributed by atoms with Crippen LogP contribution in [0.4, 0.5) is 0 Å². The Morgan fingerprint density at radius 2 is 1.10 bits per heavy atom. The lowest BCUT2D eigenvalue weighted by Crippen LogP contribution is -2.31. The van der Waals surface area contributed by atoms with E-state index >= 15 is 0 Å². The van der Waals surface area contributed by atoms with E-state index in [0.717, 1.165) is 22.5 Å². The van der Waals surface area contributed by atoms with Crippen molar-refractivity contribution >= 4 is 27.4 Å². The molecule has 0 saturated heterocycles. The highest BCUT2D eigenvalue weighted by Crippen LogP contribution is 2.38. The summed E-state index contributed by atoms with van der Waals surface area (Å²) in [4.78, 5) is 0. The van der Waals surface area contributed by atoms with E-state index in [1.54, 1.807) is 0 Å². The lowest BCUT2D eigenvalue weighted by atomic mass is 10.2. The van der Waals surface area contributed by atoms with E-state index in [1.807, 2.05) is 7.05 Å². The number of hydrogen-bond donors (Lipinski definition) is 0. The van der Waals surface area contributed by atoms with Gasteiger partial charge in [-0.05, 0) is 51.4 Å². The monoisotopic (exact) mass is 307 g/mol. The van der Waals surface area contributed by atoms with Crippen LogP contribution in [0.1, 0.15) is 0 Å². The normalized spacial score (nSPS) is 12.8. The van der Waals surface area contributed by atoms with Crippen LogP contribution in [0.25, 0.3) is 10.8 Å². The lowest BCUT2D eigenvalue weighted by molar-refractivity contribution is 0.465. The summed E-state index contributed by atoms with van der Waals surface area (Å²) >= 11 is 0. The molecule has 0 aliphatic carbocycles. The Kier molecular flexibility index (Phi) is 3.77. The van der Waals surface area contributed by atoms with Crippen molar-refractivity contribution in [3.8, 4) is 11.8 Å². The Labute approximate surface area is 123 Å². The standard InChI is InChI=1S/C15H25NO2Si2/c1-16-14(17-19(2,3)4)12-10-8-9-11-13(12)15(16)18-20(5,6)7/h8-11H,1-7H3. The summed E-state index contributed by atoms with van der Waals surface area (Å²) in [6.45, 7) is 13.2. The number of benzene rings is 1. The van der Waals surface area contributed by atoms with E-state index in [4.69, 9.17) is 8.85 Å². The van der Waals surface area contributed by atoms with Crippen LogP contribution in [0.5, 0.6) is 11.8 Å². The molecule has 1 aromatic carbocycles. The summed E-state index contributed by atoms with van der Waals surface area (Å²) in [7, 11) is -1.28. The van der Waals surface area contributed by atoms with Gasteiger partial charge in [-0.3, -0.25) is 4.57 Å². The van der Waals surface area contributed by atoms with Crippen LogP contribution in [0.3, 0.4) is 0 Å². The molecule has 0 saturated carbocycles. The topological polar surface area (TPSA) is 23.4 Å².